The summed E-state index contributed by atoms with van der Waals surface area (Å²) in [5, 5.41) is 12.7. The third-order valence-electron chi connectivity index (χ3n) is 2.66. The lowest BCUT2D eigenvalue weighted by Gasteiger charge is -2.26. The number of hydrogen-bond donors (Lipinski definition) is 1. The first-order chi connectivity index (χ1) is 10.7. The van der Waals surface area contributed by atoms with Crippen LogP contribution in [0, 0.1) is 5.41 Å². The van der Waals surface area contributed by atoms with Gasteiger partial charge in [-0.3, -0.25) is 0 Å². The Morgan fingerprint density at radius 3 is 2.27 bits per heavy atom. The summed E-state index contributed by atoms with van der Waals surface area (Å²) in [6.07, 6.45) is 1.67. The molecule has 1 atom stereocenters. The molecule has 0 aromatic heterocycles. The molecule has 1 N–H and O–H groups in total. The Morgan fingerprint density at radius 1 is 1.09 bits per heavy atom. The molecule has 128 valence electrons. The lowest BCUT2D eigenvalue weighted by atomic mass is 9.94. The Morgan fingerprint density at radius 2 is 1.68 bits per heavy atom. The van der Waals surface area contributed by atoms with E-state index in [1.165, 1.54) is 0 Å². The summed E-state index contributed by atoms with van der Waals surface area (Å²) in [6, 6.07) is 0. The monoisotopic (exact) mass is 317 g/mol. The third-order valence-corrected chi connectivity index (χ3v) is 2.66. The molecule has 0 amide bonds. The van der Waals surface area contributed by atoms with E-state index in [0.29, 0.717) is 59.4 Å². The van der Waals surface area contributed by atoms with Crippen LogP contribution >= 0.6 is 0 Å². The Bertz CT molecular complexity index is 324. The minimum absolute atomic E-state index is 0.00990. The van der Waals surface area contributed by atoms with E-state index in [4.69, 9.17) is 24.5 Å². The molecule has 0 aliphatic carbocycles. The molecule has 0 aromatic carbocycles. The fourth-order valence-corrected chi connectivity index (χ4v) is 1.43. The number of rotatable bonds is 16. The first-order valence-corrected chi connectivity index (χ1v) is 7.22. The first kappa shape index (κ1) is 20.9. The van der Waals surface area contributed by atoms with E-state index >= 15 is 0 Å². The van der Waals surface area contributed by atoms with Crippen LogP contribution in [0.25, 0.3) is 10.4 Å². The normalized spacial score (nSPS) is 13.4. The molecule has 0 spiro atoms. The standard InChI is InChI=1S/C14H27N3O5/c1-3-5-21-12-14(2,11-18)13-22-10-9-20-8-7-19-6-4-16-17-15/h3,18H,1,4-13H2,2H3. The molecular weight excluding hydrogens is 290 g/mol. The van der Waals surface area contributed by atoms with Crippen LogP contribution in [0.3, 0.4) is 0 Å². The summed E-state index contributed by atoms with van der Waals surface area (Å²) < 4.78 is 21.4. The molecule has 0 aliphatic rings. The van der Waals surface area contributed by atoms with Crippen molar-refractivity contribution in [3.63, 3.8) is 0 Å². The zero-order chi connectivity index (χ0) is 16.5. The van der Waals surface area contributed by atoms with Crippen LogP contribution in [-0.4, -0.2) is 71.1 Å². The highest BCUT2D eigenvalue weighted by Gasteiger charge is 2.24. The predicted molar refractivity (Wildman–Crippen MR) is 82.7 cm³/mol. The van der Waals surface area contributed by atoms with Crippen LogP contribution in [0.1, 0.15) is 6.92 Å². The zero-order valence-corrected chi connectivity index (χ0v) is 13.3. The van der Waals surface area contributed by atoms with Crippen molar-refractivity contribution in [1.29, 1.82) is 0 Å². The van der Waals surface area contributed by atoms with Crippen LogP contribution in [-0.2, 0) is 18.9 Å². The van der Waals surface area contributed by atoms with Crippen LogP contribution in [0.2, 0.25) is 0 Å². The number of nitrogens with zero attached hydrogens (tertiary/aromatic N) is 3. The van der Waals surface area contributed by atoms with Gasteiger partial charge in [-0.15, -0.1) is 6.58 Å². The Kier molecular flexibility index (Phi) is 14.0. The van der Waals surface area contributed by atoms with Crippen molar-refractivity contribution in [2.45, 2.75) is 6.92 Å². The molecule has 8 nitrogen and oxygen atoms in total. The van der Waals surface area contributed by atoms with E-state index in [1.807, 2.05) is 6.92 Å². The molecule has 0 aromatic rings. The van der Waals surface area contributed by atoms with Gasteiger partial charge >= 0.3 is 0 Å². The average Bonchev–Trinajstić information content (AvgIpc) is 2.53. The first-order valence-electron chi connectivity index (χ1n) is 7.22. The quantitative estimate of drug-likeness (QED) is 0.153. The molecular formula is C14H27N3O5. The summed E-state index contributed by atoms with van der Waals surface area (Å²) >= 11 is 0. The maximum absolute atomic E-state index is 9.38. The van der Waals surface area contributed by atoms with E-state index in [2.05, 4.69) is 16.6 Å². The van der Waals surface area contributed by atoms with E-state index in [1.54, 1.807) is 6.08 Å². The van der Waals surface area contributed by atoms with Gasteiger partial charge < -0.3 is 24.1 Å². The second-order valence-corrected chi connectivity index (χ2v) is 5.00. The van der Waals surface area contributed by atoms with Crippen LogP contribution in [0.5, 0.6) is 0 Å². The molecule has 0 rings (SSSR count). The van der Waals surface area contributed by atoms with Crippen LogP contribution < -0.4 is 0 Å². The molecule has 22 heavy (non-hydrogen) atoms. The zero-order valence-electron chi connectivity index (χ0n) is 13.3. The highest BCUT2D eigenvalue weighted by atomic mass is 16.5. The molecule has 8 heteroatoms. The predicted octanol–water partition coefficient (Wildman–Crippen LogP) is 1.55. The Hall–Kier alpha value is -1.15. The molecule has 1 unspecified atom stereocenters. The van der Waals surface area contributed by atoms with Gasteiger partial charge in [0.15, 0.2) is 0 Å². The van der Waals surface area contributed by atoms with Crippen LogP contribution in [0.15, 0.2) is 17.8 Å². The van der Waals surface area contributed by atoms with Gasteiger partial charge in [0.05, 0.1) is 59.5 Å². The summed E-state index contributed by atoms with van der Waals surface area (Å²) in [6.45, 7) is 9.24. The Balaban J connectivity index is 3.46. The van der Waals surface area contributed by atoms with Crippen molar-refractivity contribution >= 4 is 0 Å². The molecule has 0 saturated heterocycles. The highest BCUT2D eigenvalue weighted by molar-refractivity contribution is 4.74. The maximum atomic E-state index is 9.38. The molecule has 0 bridgehead atoms. The highest BCUT2D eigenvalue weighted by Crippen LogP contribution is 2.16. The fraction of sp³-hybridized carbons (Fsp3) is 0.857. The number of hydrogen-bond acceptors (Lipinski definition) is 6. The van der Waals surface area contributed by atoms with Crippen molar-refractivity contribution in [1.82, 2.24) is 0 Å². The van der Waals surface area contributed by atoms with E-state index in [0.717, 1.165) is 0 Å². The molecule has 0 fully saturated rings. The van der Waals surface area contributed by atoms with Gasteiger partial charge in [0.2, 0.25) is 0 Å². The lowest BCUT2D eigenvalue weighted by molar-refractivity contribution is -0.0503. The average molecular weight is 317 g/mol. The largest absolute Gasteiger partial charge is 0.396 e. The van der Waals surface area contributed by atoms with E-state index in [9.17, 15) is 5.11 Å². The third kappa shape index (κ3) is 12.6. The van der Waals surface area contributed by atoms with Crippen molar-refractivity contribution in [2.24, 2.45) is 10.5 Å². The molecule has 0 radical (unpaired) electrons. The number of aliphatic hydroxyl groups is 1. The van der Waals surface area contributed by atoms with Gasteiger partial charge in [0.25, 0.3) is 0 Å². The van der Waals surface area contributed by atoms with Gasteiger partial charge in [0, 0.05) is 16.9 Å². The van der Waals surface area contributed by atoms with Crippen molar-refractivity contribution in [3.8, 4) is 0 Å². The summed E-state index contributed by atoms with van der Waals surface area (Å²) in [5.74, 6) is 0. The minimum atomic E-state index is -0.423. The second kappa shape index (κ2) is 14.8. The topological polar surface area (TPSA) is 106 Å². The van der Waals surface area contributed by atoms with Gasteiger partial charge in [-0.05, 0) is 5.53 Å². The lowest BCUT2D eigenvalue weighted by Crippen LogP contribution is -2.33. The van der Waals surface area contributed by atoms with Gasteiger partial charge in [-0.25, -0.2) is 0 Å². The SMILES string of the molecule is C=CCOCC(C)(CO)COCCOCCOCCN=[N+]=[N-]. The number of ether oxygens (including phenoxy) is 4. The van der Waals surface area contributed by atoms with Crippen molar-refractivity contribution in [3.05, 3.63) is 23.1 Å². The van der Waals surface area contributed by atoms with Crippen molar-refractivity contribution < 1.29 is 24.1 Å². The Labute approximate surface area is 131 Å². The van der Waals surface area contributed by atoms with Crippen molar-refractivity contribution in [2.75, 3.05) is 66.0 Å². The number of azide groups is 1. The van der Waals surface area contributed by atoms with Crippen LogP contribution in [0.4, 0.5) is 0 Å². The minimum Gasteiger partial charge on any atom is -0.396 e. The smallest absolute Gasteiger partial charge is 0.0701 e. The molecule has 0 aliphatic heterocycles. The summed E-state index contributed by atoms with van der Waals surface area (Å²) in [4.78, 5) is 2.62. The van der Waals surface area contributed by atoms with Gasteiger partial charge in [0.1, 0.15) is 0 Å². The molecule has 0 heterocycles. The van der Waals surface area contributed by atoms with Gasteiger partial charge in [-0.1, -0.05) is 18.1 Å². The maximum Gasteiger partial charge on any atom is 0.0701 e. The number of aliphatic hydroxyl groups excluding tert-OH is 1. The summed E-state index contributed by atoms with van der Waals surface area (Å²) in [5.41, 5.74) is 7.64. The van der Waals surface area contributed by atoms with Gasteiger partial charge in [-0.2, -0.15) is 0 Å². The van der Waals surface area contributed by atoms with E-state index in [-0.39, 0.29) is 6.61 Å². The van der Waals surface area contributed by atoms with E-state index < -0.39 is 5.41 Å². The second-order valence-electron chi connectivity index (χ2n) is 5.00. The fourth-order valence-electron chi connectivity index (χ4n) is 1.43. The summed E-state index contributed by atoms with van der Waals surface area (Å²) in [7, 11) is 0. The molecule has 0 saturated carbocycles.